The van der Waals surface area contributed by atoms with Crippen molar-refractivity contribution in [1.29, 1.82) is 0 Å². The molecule has 2 rings (SSSR count). The SMILES string of the molecule is CCOC(=O)N1CC[C@H](NC(=O)c2[nH]c(C)c(F)c2F)[C@H](OC)C1. The van der Waals surface area contributed by atoms with E-state index in [1.165, 1.54) is 18.9 Å². The van der Waals surface area contributed by atoms with Gasteiger partial charge in [-0.05, 0) is 20.3 Å². The Morgan fingerprint density at radius 2 is 2.08 bits per heavy atom. The van der Waals surface area contributed by atoms with Gasteiger partial charge in [-0.15, -0.1) is 0 Å². The van der Waals surface area contributed by atoms with E-state index in [0.29, 0.717) is 13.0 Å². The second-order valence-corrected chi connectivity index (χ2v) is 5.54. The molecule has 0 unspecified atom stereocenters. The first-order chi connectivity index (χ1) is 11.4. The standard InChI is InChI=1S/C15H21F2N3O4/c1-4-24-15(22)20-6-5-9(10(7-20)23-3)19-14(21)13-12(17)11(16)8(2)18-13/h9-10,18H,4-7H2,1-3H3,(H,19,21)/t9-,10+/m0/s1. The van der Waals surface area contributed by atoms with Crippen LogP contribution >= 0.6 is 0 Å². The maximum atomic E-state index is 13.7. The molecule has 2 atom stereocenters. The number of piperidine rings is 1. The van der Waals surface area contributed by atoms with Gasteiger partial charge in [-0.3, -0.25) is 4.79 Å². The van der Waals surface area contributed by atoms with Crippen LogP contribution < -0.4 is 5.32 Å². The van der Waals surface area contributed by atoms with Crippen LogP contribution in [-0.4, -0.2) is 60.8 Å². The summed E-state index contributed by atoms with van der Waals surface area (Å²) in [5, 5.41) is 2.63. The molecule has 1 saturated heterocycles. The second-order valence-electron chi connectivity index (χ2n) is 5.54. The van der Waals surface area contributed by atoms with Gasteiger partial charge in [0, 0.05) is 13.7 Å². The number of aromatic nitrogens is 1. The van der Waals surface area contributed by atoms with Crippen LogP contribution in [0.2, 0.25) is 0 Å². The molecule has 0 saturated carbocycles. The molecular weight excluding hydrogens is 324 g/mol. The van der Waals surface area contributed by atoms with Gasteiger partial charge in [-0.1, -0.05) is 0 Å². The molecule has 9 heteroatoms. The Morgan fingerprint density at radius 3 is 2.62 bits per heavy atom. The van der Waals surface area contributed by atoms with Crippen LogP contribution in [-0.2, 0) is 9.47 Å². The zero-order valence-electron chi connectivity index (χ0n) is 13.8. The Kier molecular flexibility index (Phi) is 5.76. The smallest absolute Gasteiger partial charge is 0.409 e. The molecule has 2 N–H and O–H groups in total. The fraction of sp³-hybridized carbons (Fsp3) is 0.600. The van der Waals surface area contributed by atoms with Gasteiger partial charge in [0.05, 0.1) is 31.0 Å². The number of rotatable bonds is 4. The predicted octanol–water partition coefficient (Wildman–Crippen LogP) is 1.58. The van der Waals surface area contributed by atoms with Crippen molar-refractivity contribution >= 4 is 12.0 Å². The van der Waals surface area contributed by atoms with Gasteiger partial charge < -0.3 is 24.7 Å². The highest BCUT2D eigenvalue weighted by Gasteiger charge is 2.34. The van der Waals surface area contributed by atoms with Crippen molar-refractivity contribution in [3.05, 3.63) is 23.0 Å². The summed E-state index contributed by atoms with van der Waals surface area (Å²) >= 11 is 0. The summed E-state index contributed by atoms with van der Waals surface area (Å²) < 4.78 is 37.3. The number of halogens is 2. The average Bonchev–Trinajstić information content (AvgIpc) is 2.83. The Bertz CT molecular complexity index is 620. The molecule has 0 spiro atoms. The summed E-state index contributed by atoms with van der Waals surface area (Å²) in [4.78, 5) is 27.8. The fourth-order valence-electron chi connectivity index (χ4n) is 2.67. The van der Waals surface area contributed by atoms with E-state index in [-0.39, 0.29) is 18.8 Å². The first-order valence-electron chi connectivity index (χ1n) is 7.67. The minimum absolute atomic E-state index is 0.0435. The third kappa shape index (κ3) is 3.66. The molecule has 7 nitrogen and oxygen atoms in total. The molecule has 0 radical (unpaired) electrons. The van der Waals surface area contributed by atoms with E-state index in [9.17, 15) is 18.4 Å². The highest BCUT2D eigenvalue weighted by molar-refractivity contribution is 5.93. The third-order valence-corrected chi connectivity index (χ3v) is 3.99. The number of amides is 2. The van der Waals surface area contributed by atoms with Crippen LogP contribution in [0.1, 0.15) is 29.5 Å². The van der Waals surface area contributed by atoms with E-state index in [4.69, 9.17) is 9.47 Å². The van der Waals surface area contributed by atoms with Crippen LogP contribution in [0.25, 0.3) is 0 Å². The summed E-state index contributed by atoms with van der Waals surface area (Å²) in [6.45, 7) is 3.92. The molecule has 134 valence electrons. The van der Waals surface area contributed by atoms with E-state index in [2.05, 4.69) is 10.3 Å². The molecule has 1 aliphatic heterocycles. The number of hydrogen-bond donors (Lipinski definition) is 2. The van der Waals surface area contributed by atoms with Gasteiger partial charge in [-0.25, -0.2) is 13.6 Å². The first kappa shape index (κ1) is 18.2. The number of hydrogen-bond acceptors (Lipinski definition) is 4. The summed E-state index contributed by atoms with van der Waals surface area (Å²) in [7, 11) is 1.46. The molecule has 0 aliphatic carbocycles. The topological polar surface area (TPSA) is 83.7 Å². The molecule has 1 fully saturated rings. The lowest BCUT2D eigenvalue weighted by Crippen LogP contribution is -2.56. The average molecular weight is 345 g/mol. The quantitative estimate of drug-likeness (QED) is 0.868. The molecule has 0 aromatic carbocycles. The molecule has 2 amide bonds. The van der Waals surface area contributed by atoms with Crippen LogP contribution in [0.5, 0.6) is 0 Å². The van der Waals surface area contributed by atoms with Crippen molar-refractivity contribution in [3.8, 4) is 0 Å². The largest absolute Gasteiger partial charge is 0.450 e. The molecule has 2 heterocycles. The molecular formula is C15H21F2N3O4. The second kappa shape index (κ2) is 7.61. The Labute approximate surface area is 138 Å². The summed E-state index contributed by atoms with van der Waals surface area (Å²) in [6, 6.07) is -0.431. The van der Waals surface area contributed by atoms with E-state index < -0.39 is 41.5 Å². The van der Waals surface area contributed by atoms with Crippen molar-refractivity contribution in [2.45, 2.75) is 32.4 Å². The minimum Gasteiger partial charge on any atom is -0.450 e. The van der Waals surface area contributed by atoms with Crippen LogP contribution in [0.15, 0.2) is 0 Å². The minimum atomic E-state index is -1.21. The third-order valence-electron chi connectivity index (χ3n) is 3.99. The summed E-state index contributed by atoms with van der Waals surface area (Å²) in [6.07, 6.45) is -0.513. The van der Waals surface area contributed by atoms with Crippen molar-refractivity contribution in [2.24, 2.45) is 0 Å². The number of carbonyl (C=O) groups excluding carboxylic acids is 2. The van der Waals surface area contributed by atoms with E-state index in [1.807, 2.05) is 0 Å². The first-order valence-corrected chi connectivity index (χ1v) is 7.67. The Hall–Kier alpha value is -2.16. The maximum absolute atomic E-state index is 13.7. The lowest BCUT2D eigenvalue weighted by Gasteiger charge is -2.37. The number of aryl methyl sites for hydroxylation is 1. The van der Waals surface area contributed by atoms with Crippen molar-refractivity contribution < 1.29 is 27.8 Å². The monoisotopic (exact) mass is 345 g/mol. The highest BCUT2D eigenvalue weighted by atomic mass is 19.2. The van der Waals surface area contributed by atoms with Gasteiger partial charge in [0.25, 0.3) is 5.91 Å². The number of ether oxygens (including phenoxy) is 2. The van der Waals surface area contributed by atoms with Crippen molar-refractivity contribution in [2.75, 3.05) is 26.8 Å². The van der Waals surface area contributed by atoms with Crippen LogP contribution in [0.4, 0.5) is 13.6 Å². The number of methoxy groups -OCH3 is 1. The highest BCUT2D eigenvalue weighted by Crippen LogP contribution is 2.18. The maximum Gasteiger partial charge on any atom is 0.409 e. The molecule has 24 heavy (non-hydrogen) atoms. The number of nitrogens with zero attached hydrogens (tertiary/aromatic N) is 1. The number of nitrogens with one attached hydrogen (secondary N) is 2. The lowest BCUT2D eigenvalue weighted by atomic mass is 10.0. The number of H-pyrrole nitrogens is 1. The summed E-state index contributed by atoms with van der Waals surface area (Å²) in [5.41, 5.74) is -0.495. The number of carbonyl (C=O) groups is 2. The number of aromatic amines is 1. The lowest BCUT2D eigenvalue weighted by molar-refractivity contribution is 0.00446. The molecule has 1 aliphatic rings. The van der Waals surface area contributed by atoms with E-state index >= 15 is 0 Å². The van der Waals surface area contributed by atoms with Crippen molar-refractivity contribution in [3.63, 3.8) is 0 Å². The number of likely N-dealkylation sites (tertiary alicyclic amines) is 1. The van der Waals surface area contributed by atoms with Gasteiger partial charge >= 0.3 is 6.09 Å². The van der Waals surface area contributed by atoms with Crippen LogP contribution in [0.3, 0.4) is 0 Å². The Morgan fingerprint density at radius 1 is 1.38 bits per heavy atom. The van der Waals surface area contributed by atoms with E-state index in [1.54, 1.807) is 6.92 Å². The zero-order valence-corrected chi connectivity index (χ0v) is 13.8. The normalized spacial score (nSPS) is 20.8. The summed E-state index contributed by atoms with van der Waals surface area (Å²) in [5.74, 6) is -3.03. The van der Waals surface area contributed by atoms with Gasteiger partial charge in [0.1, 0.15) is 5.69 Å². The van der Waals surface area contributed by atoms with Gasteiger partial charge in [0.15, 0.2) is 11.6 Å². The fourth-order valence-corrected chi connectivity index (χ4v) is 2.67. The molecule has 1 aromatic heterocycles. The van der Waals surface area contributed by atoms with E-state index in [0.717, 1.165) is 0 Å². The van der Waals surface area contributed by atoms with Crippen LogP contribution in [0, 0.1) is 18.6 Å². The zero-order chi connectivity index (χ0) is 17.9. The van der Waals surface area contributed by atoms with Crippen molar-refractivity contribution in [1.82, 2.24) is 15.2 Å². The van der Waals surface area contributed by atoms with Gasteiger partial charge in [-0.2, -0.15) is 0 Å². The van der Waals surface area contributed by atoms with Gasteiger partial charge in [0.2, 0.25) is 0 Å². The Balaban J connectivity index is 2.03. The molecule has 0 bridgehead atoms. The predicted molar refractivity (Wildman–Crippen MR) is 80.7 cm³/mol. The molecule has 1 aromatic rings.